The minimum atomic E-state index is -0.743. The number of carbonyl (C=O) groups is 2. The van der Waals surface area contributed by atoms with Gasteiger partial charge in [-0.3, -0.25) is 14.9 Å². The van der Waals surface area contributed by atoms with Crippen molar-refractivity contribution in [3.8, 4) is 10.6 Å². The molecule has 3 rings (SSSR count). The molecule has 9 heteroatoms. The van der Waals surface area contributed by atoms with Gasteiger partial charge in [-0.2, -0.15) is 0 Å². The van der Waals surface area contributed by atoms with Gasteiger partial charge in [-0.25, -0.2) is 4.39 Å². The van der Waals surface area contributed by atoms with E-state index in [2.05, 4.69) is 36.8 Å². The number of nitrogens with one attached hydrogen (secondary N) is 2. The van der Waals surface area contributed by atoms with E-state index < -0.39 is 6.04 Å². The Kier molecular flexibility index (Phi) is 7.28. The molecular formula is C21H20BrFN4O2S. The molecule has 1 aromatic heterocycles. The van der Waals surface area contributed by atoms with Gasteiger partial charge >= 0.3 is 0 Å². The summed E-state index contributed by atoms with van der Waals surface area (Å²) in [6, 6.07) is 12.2. The molecule has 2 aromatic carbocycles. The highest BCUT2D eigenvalue weighted by atomic mass is 79.9. The number of nitrogens with zero attached hydrogens (tertiary/aromatic N) is 2. The molecule has 0 bridgehead atoms. The molecule has 0 saturated carbocycles. The molecule has 30 heavy (non-hydrogen) atoms. The van der Waals surface area contributed by atoms with Gasteiger partial charge in [0.25, 0.3) is 5.91 Å². The molecule has 0 radical (unpaired) electrons. The average Bonchev–Trinajstić information content (AvgIpc) is 3.20. The molecule has 0 fully saturated rings. The van der Waals surface area contributed by atoms with E-state index in [-0.39, 0.29) is 23.5 Å². The van der Waals surface area contributed by atoms with Crippen LogP contribution >= 0.6 is 27.3 Å². The van der Waals surface area contributed by atoms with E-state index >= 15 is 0 Å². The molecule has 0 spiro atoms. The Labute approximate surface area is 186 Å². The van der Waals surface area contributed by atoms with Gasteiger partial charge in [-0.15, -0.1) is 10.2 Å². The van der Waals surface area contributed by atoms with E-state index in [9.17, 15) is 14.0 Å². The summed E-state index contributed by atoms with van der Waals surface area (Å²) >= 11 is 4.54. The topological polar surface area (TPSA) is 84.0 Å². The summed E-state index contributed by atoms with van der Waals surface area (Å²) in [6.45, 7) is 3.85. The molecule has 156 valence electrons. The Morgan fingerprint density at radius 1 is 1.13 bits per heavy atom. The van der Waals surface area contributed by atoms with Crippen LogP contribution in [0.1, 0.15) is 30.6 Å². The van der Waals surface area contributed by atoms with Gasteiger partial charge in [0, 0.05) is 10.0 Å². The predicted molar refractivity (Wildman–Crippen MR) is 119 cm³/mol. The van der Waals surface area contributed by atoms with Gasteiger partial charge in [0.1, 0.15) is 16.9 Å². The first-order valence-corrected chi connectivity index (χ1v) is 11.0. The average molecular weight is 491 g/mol. The van der Waals surface area contributed by atoms with Gasteiger partial charge in [-0.05, 0) is 58.2 Å². The van der Waals surface area contributed by atoms with E-state index in [0.29, 0.717) is 32.2 Å². The smallest absolute Gasteiger partial charge is 0.253 e. The number of halogens is 2. The maximum atomic E-state index is 13.1. The molecule has 3 aromatic rings. The third-order valence-electron chi connectivity index (χ3n) is 4.65. The second-order valence-electron chi connectivity index (χ2n) is 6.73. The molecule has 0 aliphatic carbocycles. The standard InChI is InChI=1S/C21H20BrFN4O2S/c1-3-12(2)17(24-18(28)15-6-4-5-7-16(15)22)19(29)25-21-27-26-20(30-21)13-8-10-14(23)11-9-13/h4-12,17H,3H2,1-2H3,(H,24,28)(H,25,27,29). The summed E-state index contributed by atoms with van der Waals surface area (Å²) in [4.78, 5) is 25.6. The summed E-state index contributed by atoms with van der Waals surface area (Å²) < 4.78 is 13.8. The highest BCUT2D eigenvalue weighted by Gasteiger charge is 2.27. The second kappa shape index (κ2) is 9.90. The second-order valence-corrected chi connectivity index (χ2v) is 8.56. The van der Waals surface area contributed by atoms with Crippen LogP contribution in [0.4, 0.5) is 9.52 Å². The first-order chi connectivity index (χ1) is 14.4. The first kappa shape index (κ1) is 22.0. The minimum Gasteiger partial charge on any atom is -0.340 e. The molecule has 0 saturated heterocycles. The van der Waals surface area contributed by atoms with E-state index in [1.807, 2.05) is 19.9 Å². The highest BCUT2D eigenvalue weighted by Crippen LogP contribution is 2.27. The number of benzene rings is 2. The predicted octanol–water partition coefficient (Wildman–Crippen LogP) is 4.89. The Morgan fingerprint density at radius 3 is 2.50 bits per heavy atom. The normalized spacial score (nSPS) is 12.8. The van der Waals surface area contributed by atoms with Crippen LogP contribution in [0, 0.1) is 11.7 Å². The van der Waals surface area contributed by atoms with Crippen molar-refractivity contribution >= 4 is 44.2 Å². The Hall–Kier alpha value is -2.65. The lowest BCUT2D eigenvalue weighted by molar-refractivity contribution is -0.119. The fourth-order valence-electron chi connectivity index (χ4n) is 2.73. The zero-order chi connectivity index (χ0) is 21.7. The zero-order valence-electron chi connectivity index (χ0n) is 16.4. The largest absolute Gasteiger partial charge is 0.340 e. The van der Waals surface area contributed by atoms with Crippen molar-refractivity contribution in [2.24, 2.45) is 5.92 Å². The van der Waals surface area contributed by atoms with E-state index in [1.165, 1.54) is 23.5 Å². The van der Waals surface area contributed by atoms with Crippen molar-refractivity contribution in [3.05, 3.63) is 64.4 Å². The molecular weight excluding hydrogens is 471 g/mol. The molecule has 0 aliphatic rings. The molecule has 2 amide bonds. The molecule has 1 heterocycles. The maximum Gasteiger partial charge on any atom is 0.253 e. The summed E-state index contributed by atoms with van der Waals surface area (Å²) in [7, 11) is 0. The Bertz CT molecular complexity index is 1040. The number of rotatable bonds is 7. The SMILES string of the molecule is CCC(C)C(NC(=O)c1ccccc1Br)C(=O)Nc1nnc(-c2ccc(F)cc2)s1. The van der Waals surface area contributed by atoms with E-state index in [4.69, 9.17) is 0 Å². The number of hydrogen-bond donors (Lipinski definition) is 2. The van der Waals surface area contributed by atoms with Crippen molar-refractivity contribution in [3.63, 3.8) is 0 Å². The number of aromatic nitrogens is 2. The Balaban J connectivity index is 1.74. The van der Waals surface area contributed by atoms with E-state index in [0.717, 1.165) is 0 Å². The van der Waals surface area contributed by atoms with Crippen LogP contribution in [0.2, 0.25) is 0 Å². The molecule has 0 aliphatic heterocycles. The van der Waals surface area contributed by atoms with Crippen LogP contribution in [0.15, 0.2) is 53.0 Å². The first-order valence-electron chi connectivity index (χ1n) is 9.34. The van der Waals surface area contributed by atoms with Crippen molar-refractivity contribution in [1.82, 2.24) is 15.5 Å². The quantitative estimate of drug-likeness (QED) is 0.493. The third-order valence-corrected chi connectivity index (χ3v) is 6.23. The van der Waals surface area contributed by atoms with Crippen LogP contribution in [-0.4, -0.2) is 28.1 Å². The van der Waals surface area contributed by atoms with Gasteiger partial charge in [0.05, 0.1) is 5.56 Å². The van der Waals surface area contributed by atoms with Crippen molar-refractivity contribution in [1.29, 1.82) is 0 Å². The summed E-state index contributed by atoms with van der Waals surface area (Å²) in [5.41, 5.74) is 1.16. The van der Waals surface area contributed by atoms with Gasteiger partial charge in [0.15, 0.2) is 0 Å². The zero-order valence-corrected chi connectivity index (χ0v) is 18.8. The summed E-state index contributed by atoms with van der Waals surface area (Å²) in [5.74, 6) is -1.14. The van der Waals surface area contributed by atoms with Crippen molar-refractivity contribution < 1.29 is 14.0 Å². The van der Waals surface area contributed by atoms with Crippen LogP contribution in [0.3, 0.4) is 0 Å². The number of carbonyl (C=O) groups excluding carboxylic acids is 2. The summed E-state index contributed by atoms with van der Waals surface area (Å²) in [6.07, 6.45) is 0.700. The molecule has 2 atom stereocenters. The van der Waals surface area contributed by atoms with Crippen molar-refractivity contribution in [2.75, 3.05) is 5.32 Å². The van der Waals surface area contributed by atoms with Crippen LogP contribution in [-0.2, 0) is 4.79 Å². The lowest BCUT2D eigenvalue weighted by Gasteiger charge is -2.23. The lowest BCUT2D eigenvalue weighted by Crippen LogP contribution is -2.47. The third kappa shape index (κ3) is 5.28. The summed E-state index contributed by atoms with van der Waals surface area (Å²) in [5, 5.41) is 14.5. The molecule has 2 unspecified atom stereocenters. The van der Waals surface area contributed by atoms with Crippen molar-refractivity contribution in [2.45, 2.75) is 26.3 Å². The molecule has 2 N–H and O–H groups in total. The monoisotopic (exact) mass is 490 g/mol. The van der Waals surface area contributed by atoms with Crippen LogP contribution in [0.25, 0.3) is 10.6 Å². The highest BCUT2D eigenvalue weighted by molar-refractivity contribution is 9.10. The maximum absolute atomic E-state index is 13.1. The van der Waals surface area contributed by atoms with Gasteiger partial charge in [-0.1, -0.05) is 43.7 Å². The number of anilines is 1. The van der Waals surface area contributed by atoms with Crippen LogP contribution in [0.5, 0.6) is 0 Å². The number of hydrogen-bond acceptors (Lipinski definition) is 5. The fourth-order valence-corrected chi connectivity index (χ4v) is 3.95. The van der Waals surface area contributed by atoms with Gasteiger partial charge < -0.3 is 5.32 Å². The van der Waals surface area contributed by atoms with Crippen LogP contribution < -0.4 is 10.6 Å². The lowest BCUT2D eigenvalue weighted by atomic mass is 9.98. The minimum absolute atomic E-state index is 0.0964. The molecule has 6 nitrogen and oxygen atoms in total. The van der Waals surface area contributed by atoms with Gasteiger partial charge in [0.2, 0.25) is 11.0 Å². The Morgan fingerprint density at radius 2 is 1.83 bits per heavy atom. The van der Waals surface area contributed by atoms with E-state index in [1.54, 1.807) is 30.3 Å². The fraction of sp³-hybridized carbons (Fsp3) is 0.238. The number of amides is 2.